The second kappa shape index (κ2) is 3.31. The molecule has 0 fully saturated rings. The molecule has 14 heavy (non-hydrogen) atoms. The van der Waals surface area contributed by atoms with Gasteiger partial charge in [0.1, 0.15) is 17.4 Å². The van der Waals surface area contributed by atoms with Gasteiger partial charge in [-0.1, -0.05) is 6.42 Å². The van der Waals surface area contributed by atoms with Gasteiger partial charge in [-0.15, -0.1) is 11.3 Å². The molecule has 2 nitrogen and oxygen atoms in total. The molecule has 3 heteroatoms. The summed E-state index contributed by atoms with van der Waals surface area (Å²) in [5, 5.41) is 1.18. The van der Waals surface area contributed by atoms with Crippen LogP contribution >= 0.6 is 11.3 Å². The van der Waals surface area contributed by atoms with Crippen LogP contribution in [0.3, 0.4) is 0 Å². The van der Waals surface area contributed by atoms with Gasteiger partial charge in [-0.3, -0.25) is 0 Å². The van der Waals surface area contributed by atoms with Crippen molar-refractivity contribution in [3.8, 4) is 0 Å². The first-order valence-corrected chi connectivity index (χ1v) is 5.90. The minimum Gasteiger partial charge on any atom is -0.234 e. The van der Waals surface area contributed by atoms with E-state index in [0.717, 1.165) is 4.83 Å². The standard InChI is InChI=1S/C11H11N2S/c1-2-4-8-9-6-12-7-13-11(9)14-10(8)5-3-1/h7H,1-5H2. The van der Waals surface area contributed by atoms with Gasteiger partial charge < -0.3 is 0 Å². The second-order valence-electron chi connectivity index (χ2n) is 3.73. The third kappa shape index (κ3) is 1.23. The van der Waals surface area contributed by atoms with E-state index in [0.29, 0.717) is 0 Å². The van der Waals surface area contributed by atoms with Crippen molar-refractivity contribution in [2.45, 2.75) is 32.1 Å². The maximum absolute atomic E-state index is 4.29. The fourth-order valence-electron chi connectivity index (χ4n) is 2.11. The number of aromatic nitrogens is 2. The molecule has 1 radical (unpaired) electrons. The Morgan fingerprint density at radius 2 is 2.14 bits per heavy atom. The summed E-state index contributed by atoms with van der Waals surface area (Å²) in [4.78, 5) is 10.9. The minimum absolute atomic E-state index is 1.12. The molecule has 3 rings (SSSR count). The molecule has 1 aliphatic rings. The lowest BCUT2D eigenvalue weighted by Gasteiger charge is -1.95. The van der Waals surface area contributed by atoms with Gasteiger partial charge in [-0.2, -0.15) is 0 Å². The summed E-state index contributed by atoms with van der Waals surface area (Å²) >= 11 is 1.83. The number of hydrogen-bond acceptors (Lipinski definition) is 3. The molecule has 0 N–H and O–H groups in total. The minimum atomic E-state index is 1.12. The number of nitrogens with zero attached hydrogens (tertiary/aromatic N) is 2. The van der Waals surface area contributed by atoms with E-state index in [1.807, 2.05) is 11.3 Å². The van der Waals surface area contributed by atoms with Gasteiger partial charge in [0.2, 0.25) is 0 Å². The van der Waals surface area contributed by atoms with Crippen LogP contribution in [-0.2, 0) is 12.8 Å². The maximum Gasteiger partial charge on any atom is 0.127 e. The lowest BCUT2D eigenvalue weighted by atomic mass is 10.1. The average molecular weight is 203 g/mol. The van der Waals surface area contributed by atoms with Gasteiger partial charge in [-0.05, 0) is 31.2 Å². The zero-order valence-corrected chi connectivity index (χ0v) is 8.73. The molecule has 0 bridgehead atoms. The van der Waals surface area contributed by atoms with Crippen LogP contribution in [0.2, 0.25) is 0 Å². The second-order valence-corrected chi connectivity index (χ2v) is 4.81. The lowest BCUT2D eigenvalue weighted by molar-refractivity contribution is 0.713. The highest BCUT2D eigenvalue weighted by Gasteiger charge is 2.15. The van der Waals surface area contributed by atoms with Gasteiger partial charge in [0.05, 0.1) is 0 Å². The van der Waals surface area contributed by atoms with E-state index in [2.05, 4.69) is 16.2 Å². The Hall–Kier alpha value is -0.960. The van der Waals surface area contributed by atoms with Crippen molar-refractivity contribution in [1.29, 1.82) is 0 Å². The van der Waals surface area contributed by atoms with Crippen LogP contribution in [0.1, 0.15) is 29.7 Å². The fourth-order valence-corrected chi connectivity index (χ4v) is 3.29. The Balaban J connectivity index is 2.24. The van der Waals surface area contributed by atoms with E-state index in [1.165, 1.54) is 47.9 Å². The first-order chi connectivity index (χ1) is 6.95. The summed E-state index contributed by atoms with van der Waals surface area (Å²) in [7, 11) is 0. The highest BCUT2D eigenvalue weighted by atomic mass is 32.1. The van der Waals surface area contributed by atoms with Gasteiger partial charge >= 0.3 is 0 Å². The molecule has 0 unspecified atom stereocenters. The number of aryl methyl sites for hydroxylation is 2. The third-order valence-corrected chi connectivity index (χ3v) is 4.01. The predicted octanol–water partition coefficient (Wildman–Crippen LogP) is 2.76. The van der Waals surface area contributed by atoms with Crippen molar-refractivity contribution in [1.82, 2.24) is 9.97 Å². The predicted molar refractivity (Wildman–Crippen MR) is 57.5 cm³/mol. The van der Waals surface area contributed by atoms with Crippen molar-refractivity contribution >= 4 is 21.6 Å². The Morgan fingerprint density at radius 3 is 3.14 bits per heavy atom. The molecule has 0 saturated heterocycles. The van der Waals surface area contributed by atoms with Crippen molar-refractivity contribution in [3.05, 3.63) is 23.0 Å². The van der Waals surface area contributed by atoms with Crippen LogP contribution in [0.5, 0.6) is 0 Å². The highest BCUT2D eigenvalue weighted by molar-refractivity contribution is 7.18. The molecule has 71 valence electrons. The van der Waals surface area contributed by atoms with Crippen molar-refractivity contribution in [3.63, 3.8) is 0 Å². The van der Waals surface area contributed by atoms with Crippen molar-refractivity contribution in [2.75, 3.05) is 0 Å². The van der Waals surface area contributed by atoms with Crippen LogP contribution < -0.4 is 0 Å². The summed E-state index contributed by atoms with van der Waals surface area (Å²) in [5.41, 5.74) is 1.48. The number of hydrogen-bond donors (Lipinski definition) is 0. The van der Waals surface area contributed by atoms with Crippen LogP contribution in [0.4, 0.5) is 0 Å². The molecule has 0 amide bonds. The smallest absolute Gasteiger partial charge is 0.127 e. The Kier molecular flexibility index (Phi) is 1.98. The maximum atomic E-state index is 4.29. The molecule has 0 saturated carbocycles. The largest absolute Gasteiger partial charge is 0.234 e. The molecule has 0 aliphatic heterocycles. The molecular weight excluding hydrogens is 192 g/mol. The average Bonchev–Trinajstić information content (AvgIpc) is 2.42. The Labute approximate surface area is 87.0 Å². The van der Waals surface area contributed by atoms with E-state index in [-0.39, 0.29) is 0 Å². The van der Waals surface area contributed by atoms with Gasteiger partial charge in [0.15, 0.2) is 0 Å². The van der Waals surface area contributed by atoms with Gasteiger partial charge in [0, 0.05) is 10.3 Å². The molecular formula is C11H11N2S. The SMILES string of the molecule is [c]1ncnc2sc3c(c12)CCCCC3. The summed E-state index contributed by atoms with van der Waals surface area (Å²) in [6, 6.07) is 0. The summed E-state index contributed by atoms with van der Waals surface area (Å²) in [6.07, 6.45) is 11.1. The van der Waals surface area contributed by atoms with Crippen molar-refractivity contribution < 1.29 is 0 Å². The first-order valence-electron chi connectivity index (χ1n) is 5.08. The van der Waals surface area contributed by atoms with Gasteiger partial charge in [0.25, 0.3) is 0 Å². The topological polar surface area (TPSA) is 25.8 Å². The number of thiophene rings is 1. The number of fused-ring (bicyclic) bond motifs is 3. The Morgan fingerprint density at radius 1 is 1.21 bits per heavy atom. The van der Waals surface area contributed by atoms with E-state index in [4.69, 9.17) is 0 Å². The highest BCUT2D eigenvalue weighted by Crippen LogP contribution is 2.33. The van der Waals surface area contributed by atoms with Crippen LogP contribution in [0.25, 0.3) is 10.2 Å². The quantitative estimate of drug-likeness (QED) is 0.615. The third-order valence-electron chi connectivity index (χ3n) is 2.81. The fraction of sp³-hybridized carbons (Fsp3) is 0.455. The van der Waals surface area contributed by atoms with Crippen LogP contribution in [0, 0.1) is 6.20 Å². The normalized spacial score (nSPS) is 16.6. The summed E-state index contributed by atoms with van der Waals surface area (Å²) < 4.78 is 0. The molecule has 2 aromatic heterocycles. The van der Waals surface area contributed by atoms with E-state index >= 15 is 0 Å². The van der Waals surface area contributed by atoms with Crippen LogP contribution in [0.15, 0.2) is 6.33 Å². The zero-order chi connectivity index (χ0) is 9.38. The summed E-state index contributed by atoms with van der Waals surface area (Å²) in [6.45, 7) is 0. The van der Waals surface area contributed by atoms with E-state index in [9.17, 15) is 0 Å². The lowest BCUT2D eigenvalue weighted by Crippen LogP contribution is -1.85. The van der Waals surface area contributed by atoms with E-state index < -0.39 is 0 Å². The molecule has 0 aromatic carbocycles. The Bertz CT molecular complexity index is 461. The molecule has 0 spiro atoms. The molecule has 0 atom stereocenters. The van der Waals surface area contributed by atoms with Gasteiger partial charge in [-0.25, -0.2) is 9.97 Å². The number of rotatable bonds is 0. The molecule has 1 aliphatic carbocycles. The summed E-state index contributed by atoms with van der Waals surface area (Å²) in [5.74, 6) is 0. The van der Waals surface area contributed by atoms with Crippen molar-refractivity contribution in [2.24, 2.45) is 0 Å². The monoisotopic (exact) mass is 203 g/mol. The van der Waals surface area contributed by atoms with E-state index in [1.54, 1.807) is 6.33 Å². The van der Waals surface area contributed by atoms with Crippen LogP contribution in [-0.4, -0.2) is 9.97 Å². The molecule has 2 heterocycles. The molecule has 2 aromatic rings. The first kappa shape index (κ1) is 8.36. The zero-order valence-electron chi connectivity index (χ0n) is 7.92.